The topological polar surface area (TPSA) is 89.0 Å². The van der Waals surface area contributed by atoms with E-state index in [2.05, 4.69) is 50.1 Å². The molecule has 2 aromatic rings. The zero-order valence-corrected chi connectivity index (χ0v) is 20.2. The Hall–Kier alpha value is -2.33. The largest absolute Gasteiger partial charge is 0.508 e. The first-order valence-electron chi connectivity index (χ1n) is 10.6. The van der Waals surface area contributed by atoms with Crippen molar-refractivity contribution in [2.75, 3.05) is 38.0 Å². The molecule has 31 heavy (non-hydrogen) atoms. The van der Waals surface area contributed by atoms with Crippen molar-refractivity contribution in [2.24, 2.45) is 4.99 Å². The lowest BCUT2D eigenvalue weighted by Gasteiger charge is -2.29. The molecule has 1 aliphatic heterocycles. The van der Waals surface area contributed by atoms with Gasteiger partial charge in [-0.05, 0) is 62.7 Å². The fraction of sp³-hybridized carbons (Fsp3) is 0.391. The van der Waals surface area contributed by atoms with Gasteiger partial charge in [0, 0.05) is 18.8 Å². The van der Waals surface area contributed by atoms with Gasteiger partial charge in [-0.2, -0.15) is 0 Å². The summed E-state index contributed by atoms with van der Waals surface area (Å²) >= 11 is 0. The van der Waals surface area contributed by atoms with Gasteiger partial charge in [-0.25, -0.2) is 4.99 Å². The van der Waals surface area contributed by atoms with Crippen LogP contribution >= 0.6 is 24.0 Å². The molecule has 0 aromatic heterocycles. The van der Waals surface area contributed by atoms with Gasteiger partial charge in [-0.15, -0.1) is 24.0 Å². The first-order chi connectivity index (χ1) is 14.7. The lowest BCUT2D eigenvalue weighted by Crippen LogP contribution is -2.43. The summed E-state index contributed by atoms with van der Waals surface area (Å²) in [7, 11) is 0. The molecule has 1 unspecified atom stereocenters. The fourth-order valence-electron chi connectivity index (χ4n) is 3.62. The van der Waals surface area contributed by atoms with E-state index in [1.165, 1.54) is 30.5 Å². The third-order valence-corrected chi connectivity index (χ3v) is 5.10. The summed E-state index contributed by atoms with van der Waals surface area (Å²) in [6.07, 6.45) is 2.46. The lowest BCUT2D eigenvalue weighted by molar-refractivity contribution is -0.114. The summed E-state index contributed by atoms with van der Waals surface area (Å²) in [4.78, 5) is 19.2. The van der Waals surface area contributed by atoms with Crippen molar-refractivity contribution < 1.29 is 9.90 Å². The first kappa shape index (κ1) is 24.9. The highest BCUT2D eigenvalue weighted by molar-refractivity contribution is 14.0. The molecule has 0 aliphatic carbocycles. The van der Waals surface area contributed by atoms with Gasteiger partial charge in [0.25, 0.3) is 0 Å². The van der Waals surface area contributed by atoms with E-state index in [-0.39, 0.29) is 48.2 Å². The van der Waals surface area contributed by atoms with Gasteiger partial charge in [0.05, 0.1) is 6.04 Å². The van der Waals surface area contributed by atoms with Crippen molar-refractivity contribution >= 4 is 41.5 Å². The van der Waals surface area contributed by atoms with Gasteiger partial charge in [0.2, 0.25) is 5.91 Å². The van der Waals surface area contributed by atoms with Gasteiger partial charge in [-0.1, -0.05) is 30.3 Å². The monoisotopic (exact) mass is 537 g/mol. The van der Waals surface area contributed by atoms with Gasteiger partial charge in [0.1, 0.15) is 12.3 Å². The van der Waals surface area contributed by atoms with E-state index in [1.807, 2.05) is 13.0 Å². The molecule has 1 heterocycles. The maximum Gasteiger partial charge on any atom is 0.246 e. The van der Waals surface area contributed by atoms with Crippen LogP contribution in [-0.2, 0) is 4.79 Å². The smallest absolute Gasteiger partial charge is 0.246 e. The second-order valence-corrected chi connectivity index (χ2v) is 7.34. The average molecular weight is 537 g/mol. The molecule has 0 spiro atoms. The fourth-order valence-corrected chi connectivity index (χ4v) is 3.62. The van der Waals surface area contributed by atoms with Crippen LogP contribution in [0.25, 0.3) is 0 Å². The molecule has 1 saturated heterocycles. The van der Waals surface area contributed by atoms with Crippen LogP contribution in [0.1, 0.15) is 31.4 Å². The Labute approximate surface area is 201 Å². The molecule has 1 amide bonds. The van der Waals surface area contributed by atoms with E-state index in [0.717, 1.165) is 19.6 Å². The summed E-state index contributed by atoms with van der Waals surface area (Å²) in [5, 5.41) is 18.7. The summed E-state index contributed by atoms with van der Waals surface area (Å²) in [5.74, 6) is 0.575. The van der Waals surface area contributed by atoms with Crippen molar-refractivity contribution in [1.29, 1.82) is 0 Å². The summed E-state index contributed by atoms with van der Waals surface area (Å²) in [5.41, 5.74) is 1.91. The zero-order valence-electron chi connectivity index (χ0n) is 17.9. The zero-order chi connectivity index (χ0) is 21.2. The number of hydrogen-bond donors (Lipinski definition) is 4. The second kappa shape index (κ2) is 13.2. The van der Waals surface area contributed by atoms with E-state index in [4.69, 9.17) is 0 Å². The van der Waals surface area contributed by atoms with Gasteiger partial charge < -0.3 is 21.1 Å². The highest BCUT2D eigenvalue weighted by atomic mass is 127. The molecule has 1 atom stereocenters. The second-order valence-electron chi connectivity index (χ2n) is 7.34. The van der Waals surface area contributed by atoms with Crippen LogP contribution in [0, 0.1) is 0 Å². The number of halogens is 1. The number of hydrogen-bond acceptors (Lipinski definition) is 4. The molecule has 1 fully saturated rings. The number of anilines is 1. The van der Waals surface area contributed by atoms with E-state index in [9.17, 15) is 9.90 Å². The Kier molecular flexibility index (Phi) is 10.6. The van der Waals surface area contributed by atoms with Crippen LogP contribution in [-0.4, -0.2) is 54.6 Å². The van der Waals surface area contributed by atoms with Gasteiger partial charge >= 0.3 is 0 Å². The minimum atomic E-state index is -0.211. The van der Waals surface area contributed by atoms with Crippen molar-refractivity contribution in [3.05, 3.63) is 60.2 Å². The van der Waals surface area contributed by atoms with Crippen molar-refractivity contribution in [3.8, 4) is 5.75 Å². The molecule has 0 bridgehead atoms. The SMILES string of the molecule is CCNC(=NCC(=O)Nc1ccc(O)cc1)NCC(c1ccccc1)N1CCCC1.I. The molecule has 7 nitrogen and oxygen atoms in total. The quantitative estimate of drug-likeness (QED) is 0.180. The Morgan fingerprint density at radius 2 is 1.74 bits per heavy atom. The number of phenols is 1. The van der Waals surface area contributed by atoms with E-state index < -0.39 is 0 Å². The highest BCUT2D eigenvalue weighted by Gasteiger charge is 2.23. The van der Waals surface area contributed by atoms with Crippen LogP contribution in [0.4, 0.5) is 5.69 Å². The van der Waals surface area contributed by atoms with Crippen LogP contribution < -0.4 is 16.0 Å². The third kappa shape index (κ3) is 8.02. The Bertz CT molecular complexity index is 824. The molecule has 0 radical (unpaired) electrons. The third-order valence-electron chi connectivity index (χ3n) is 5.10. The minimum absolute atomic E-state index is 0. The molecule has 3 rings (SSSR count). The molecule has 1 aliphatic rings. The van der Waals surface area contributed by atoms with E-state index >= 15 is 0 Å². The van der Waals surface area contributed by atoms with E-state index in [1.54, 1.807) is 12.1 Å². The number of nitrogens with one attached hydrogen (secondary N) is 3. The van der Waals surface area contributed by atoms with Crippen molar-refractivity contribution in [1.82, 2.24) is 15.5 Å². The number of nitrogens with zero attached hydrogens (tertiary/aromatic N) is 2. The summed E-state index contributed by atoms with van der Waals surface area (Å²) in [6, 6.07) is 17.2. The predicted molar refractivity (Wildman–Crippen MR) is 136 cm³/mol. The van der Waals surface area contributed by atoms with Crippen LogP contribution in [0.15, 0.2) is 59.6 Å². The molecule has 2 aromatic carbocycles. The Morgan fingerprint density at radius 1 is 1.06 bits per heavy atom. The summed E-state index contributed by atoms with van der Waals surface area (Å²) < 4.78 is 0. The van der Waals surface area contributed by atoms with Crippen molar-refractivity contribution in [3.63, 3.8) is 0 Å². The molecular weight excluding hydrogens is 505 g/mol. The number of benzene rings is 2. The molecule has 168 valence electrons. The number of rotatable bonds is 8. The van der Waals surface area contributed by atoms with Gasteiger partial charge in [-0.3, -0.25) is 9.69 Å². The predicted octanol–water partition coefficient (Wildman–Crippen LogP) is 3.34. The maximum absolute atomic E-state index is 12.2. The number of aromatic hydroxyl groups is 1. The number of phenolic OH excluding ortho intramolecular Hbond substituents is 1. The van der Waals surface area contributed by atoms with Crippen molar-refractivity contribution in [2.45, 2.75) is 25.8 Å². The average Bonchev–Trinajstić information content (AvgIpc) is 3.29. The molecule has 4 N–H and O–H groups in total. The number of carbonyl (C=O) groups is 1. The standard InChI is InChI=1S/C23H31N5O2.HI/c1-2-24-23(26-17-22(30)27-19-10-12-20(29)13-11-19)25-16-21(28-14-6-7-15-28)18-8-4-3-5-9-18;/h3-5,8-13,21,29H,2,6-7,14-17H2,1H3,(H,27,30)(H2,24,25,26);1H. The summed E-state index contributed by atoms with van der Waals surface area (Å²) in [6.45, 7) is 5.65. The van der Waals surface area contributed by atoms with Gasteiger partial charge in [0.15, 0.2) is 5.96 Å². The Balaban J connectivity index is 0.00000341. The first-order valence-corrected chi connectivity index (χ1v) is 10.6. The Morgan fingerprint density at radius 3 is 2.39 bits per heavy atom. The lowest BCUT2D eigenvalue weighted by atomic mass is 10.1. The minimum Gasteiger partial charge on any atom is -0.508 e. The maximum atomic E-state index is 12.2. The molecular formula is C23H32IN5O2. The van der Waals surface area contributed by atoms with Crippen LogP contribution in [0.3, 0.4) is 0 Å². The number of guanidine groups is 1. The van der Waals surface area contributed by atoms with E-state index in [0.29, 0.717) is 18.2 Å². The number of likely N-dealkylation sites (tertiary alicyclic amines) is 1. The normalized spacial score (nSPS) is 15.1. The molecule has 0 saturated carbocycles. The number of amides is 1. The number of aliphatic imine (C=N–C) groups is 1. The molecule has 8 heteroatoms. The number of carbonyl (C=O) groups excluding carboxylic acids is 1. The highest BCUT2D eigenvalue weighted by Crippen LogP contribution is 2.24. The van der Waals surface area contributed by atoms with Crippen LogP contribution in [0.5, 0.6) is 5.75 Å². The van der Waals surface area contributed by atoms with Crippen LogP contribution in [0.2, 0.25) is 0 Å².